The zero-order valence-electron chi connectivity index (χ0n) is 27.5. The molecule has 242 valence electrons. The number of fused-ring (bicyclic) bond motifs is 2. The van der Waals surface area contributed by atoms with Gasteiger partial charge in [-0.1, -0.05) is 60.7 Å². The van der Waals surface area contributed by atoms with Crippen LogP contribution in [0.4, 0.5) is 10.5 Å². The first kappa shape index (κ1) is 31.0. The maximum absolute atomic E-state index is 14.5. The van der Waals surface area contributed by atoms with E-state index in [9.17, 15) is 14.4 Å². The molecule has 3 amide bonds. The van der Waals surface area contributed by atoms with Gasteiger partial charge < -0.3 is 24.0 Å². The number of anilines is 1. The van der Waals surface area contributed by atoms with Gasteiger partial charge in [0.25, 0.3) is 11.8 Å². The molecule has 0 saturated heterocycles. The molecule has 0 radical (unpaired) electrons. The molecule has 3 heterocycles. The Morgan fingerprint density at radius 3 is 2.06 bits per heavy atom. The second-order valence-corrected chi connectivity index (χ2v) is 12.6. The molecule has 0 fully saturated rings. The van der Waals surface area contributed by atoms with Gasteiger partial charge in [0.15, 0.2) is 0 Å². The summed E-state index contributed by atoms with van der Waals surface area (Å²) in [7, 11) is 3.72. The van der Waals surface area contributed by atoms with Gasteiger partial charge in [0.2, 0.25) is 0 Å². The minimum absolute atomic E-state index is 0.0700. The summed E-state index contributed by atoms with van der Waals surface area (Å²) in [5.74, 6) is 0.304. The number of para-hydroxylation sites is 2. The molecule has 48 heavy (non-hydrogen) atoms. The Kier molecular flexibility index (Phi) is 8.31. The van der Waals surface area contributed by atoms with Gasteiger partial charge in [0.1, 0.15) is 5.75 Å². The first-order valence-corrected chi connectivity index (χ1v) is 16.3. The first-order valence-electron chi connectivity index (χ1n) is 16.3. The summed E-state index contributed by atoms with van der Waals surface area (Å²) in [6.45, 7) is 3.90. The largest absolute Gasteiger partial charge is 0.415 e. The molecule has 0 unspecified atom stereocenters. The highest BCUT2D eigenvalue weighted by molar-refractivity contribution is 6.08. The Hall–Kier alpha value is -5.63. The minimum Gasteiger partial charge on any atom is -0.410 e. The van der Waals surface area contributed by atoms with Crippen molar-refractivity contribution in [3.63, 3.8) is 0 Å². The third kappa shape index (κ3) is 5.86. The maximum Gasteiger partial charge on any atom is 0.415 e. The van der Waals surface area contributed by atoms with Crippen molar-refractivity contribution in [2.45, 2.75) is 32.9 Å². The van der Waals surface area contributed by atoms with E-state index >= 15 is 0 Å². The summed E-state index contributed by atoms with van der Waals surface area (Å²) < 4.78 is 7.65. The highest BCUT2D eigenvalue weighted by Crippen LogP contribution is 2.35. The van der Waals surface area contributed by atoms with Crippen LogP contribution < -0.4 is 9.64 Å². The number of rotatable bonds is 5. The molecule has 0 aliphatic carbocycles. The van der Waals surface area contributed by atoms with Crippen LogP contribution in [0.2, 0.25) is 0 Å². The summed E-state index contributed by atoms with van der Waals surface area (Å²) in [6.07, 6.45) is 0.985. The maximum atomic E-state index is 14.5. The third-order valence-corrected chi connectivity index (χ3v) is 9.70. The lowest BCUT2D eigenvalue weighted by Crippen LogP contribution is -2.39. The number of ether oxygens (including phenoxy) is 1. The lowest BCUT2D eigenvalue weighted by atomic mass is 9.91. The van der Waals surface area contributed by atoms with Crippen LogP contribution in [-0.4, -0.2) is 52.4 Å². The van der Waals surface area contributed by atoms with E-state index in [1.165, 1.54) is 5.56 Å². The smallest absolute Gasteiger partial charge is 0.410 e. The van der Waals surface area contributed by atoms with Crippen molar-refractivity contribution < 1.29 is 19.1 Å². The fourth-order valence-corrected chi connectivity index (χ4v) is 6.77. The molecule has 0 spiro atoms. The molecule has 0 N–H and O–H groups in total. The standard InChI is InChI=1S/C40H38N4O4/c1-27-34(38(45)42(3)32-14-6-4-7-15-32)24-37(41(27)2)35-22-29-19-21-44(40(47)48-33-16-8-5-9-17-33)26-31(29)23-36(35)39(46)43-20-18-28-12-10-11-13-30(28)25-43/h4-17,22-24H,18-21,25-26H2,1-3H3. The van der Waals surface area contributed by atoms with Gasteiger partial charge in [-0.15, -0.1) is 0 Å². The van der Waals surface area contributed by atoms with E-state index in [0.29, 0.717) is 49.5 Å². The quantitative estimate of drug-likeness (QED) is 0.207. The molecule has 2 aliphatic heterocycles. The van der Waals surface area contributed by atoms with E-state index < -0.39 is 6.09 Å². The zero-order chi connectivity index (χ0) is 33.4. The Bertz CT molecular complexity index is 2020. The van der Waals surface area contributed by atoms with Crippen molar-refractivity contribution in [2.24, 2.45) is 7.05 Å². The van der Waals surface area contributed by atoms with Gasteiger partial charge in [-0.2, -0.15) is 0 Å². The second-order valence-electron chi connectivity index (χ2n) is 12.6. The van der Waals surface area contributed by atoms with Crippen LogP contribution in [0.25, 0.3) is 11.3 Å². The highest BCUT2D eigenvalue weighted by Gasteiger charge is 2.30. The molecule has 2 aliphatic rings. The fraction of sp³-hybridized carbons (Fsp3) is 0.225. The van der Waals surface area contributed by atoms with Crippen LogP contribution in [0.1, 0.15) is 48.7 Å². The molecule has 0 bridgehead atoms. The van der Waals surface area contributed by atoms with Crippen LogP contribution in [0, 0.1) is 6.92 Å². The third-order valence-electron chi connectivity index (χ3n) is 9.70. The second kappa shape index (κ2) is 12.9. The lowest BCUT2D eigenvalue weighted by Gasteiger charge is -2.32. The van der Waals surface area contributed by atoms with Crippen molar-refractivity contribution in [3.05, 3.63) is 142 Å². The highest BCUT2D eigenvalue weighted by atomic mass is 16.6. The average Bonchev–Trinajstić information content (AvgIpc) is 3.43. The van der Waals surface area contributed by atoms with Crippen molar-refractivity contribution in [2.75, 3.05) is 25.0 Å². The van der Waals surface area contributed by atoms with E-state index in [2.05, 4.69) is 18.2 Å². The molecule has 0 atom stereocenters. The zero-order valence-corrected chi connectivity index (χ0v) is 27.5. The number of amides is 3. The molecular weight excluding hydrogens is 600 g/mol. The van der Waals surface area contributed by atoms with Crippen LogP contribution in [0.5, 0.6) is 5.75 Å². The Morgan fingerprint density at radius 1 is 0.688 bits per heavy atom. The molecule has 8 nitrogen and oxygen atoms in total. The monoisotopic (exact) mass is 638 g/mol. The number of nitrogens with zero attached hydrogens (tertiary/aromatic N) is 4. The van der Waals surface area contributed by atoms with E-state index in [-0.39, 0.29) is 11.8 Å². The predicted octanol–water partition coefficient (Wildman–Crippen LogP) is 7.03. The minimum atomic E-state index is -0.416. The number of hydrogen-bond acceptors (Lipinski definition) is 4. The lowest BCUT2D eigenvalue weighted by molar-refractivity contribution is 0.0735. The van der Waals surface area contributed by atoms with Crippen LogP contribution in [0.3, 0.4) is 0 Å². The molecular formula is C40H38N4O4. The average molecular weight is 639 g/mol. The number of carbonyl (C=O) groups is 3. The van der Waals surface area contributed by atoms with Gasteiger partial charge in [0, 0.05) is 68.5 Å². The Labute approximate surface area is 280 Å². The molecule has 1 aromatic heterocycles. The molecule has 7 rings (SSSR count). The van der Waals surface area contributed by atoms with Crippen LogP contribution in [-0.2, 0) is 33.0 Å². The summed E-state index contributed by atoms with van der Waals surface area (Å²) in [4.78, 5) is 46.7. The predicted molar refractivity (Wildman–Crippen MR) is 186 cm³/mol. The summed E-state index contributed by atoms with van der Waals surface area (Å²) in [5, 5.41) is 0. The van der Waals surface area contributed by atoms with Crippen molar-refractivity contribution in [1.29, 1.82) is 0 Å². The van der Waals surface area contributed by atoms with Crippen LogP contribution in [0.15, 0.2) is 103 Å². The number of hydrogen-bond donors (Lipinski definition) is 0. The van der Waals surface area contributed by atoms with Gasteiger partial charge in [-0.3, -0.25) is 9.59 Å². The SMILES string of the molecule is Cc1c(C(=O)N(C)c2ccccc2)cc(-c2cc3c(cc2C(=O)N2CCc4ccccc4C2)CN(C(=O)Oc2ccccc2)CC3)n1C. The van der Waals surface area contributed by atoms with Gasteiger partial charge >= 0.3 is 6.09 Å². The van der Waals surface area contributed by atoms with E-state index in [0.717, 1.165) is 45.7 Å². The Balaban J connectivity index is 1.26. The van der Waals surface area contributed by atoms with E-state index in [1.54, 1.807) is 29.0 Å². The van der Waals surface area contributed by atoms with Crippen molar-refractivity contribution in [3.8, 4) is 17.0 Å². The van der Waals surface area contributed by atoms with Gasteiger partial charge in [0.05, 0.1) is 5.56 Å². The summed E-state index contributed by atoms with van der Waals surface area (Å²) in [6, 6.07) is 32.8. The van der Waals surface area contributed by atoms with Gasteiger partial charge in [-0.25, -0.2) is 4.79 Å². The summed E-state index contributed by atoms with van der Waals surface area (Å²) in [5.41, 5.74) is 8.75. The Morgan fingerprint density at radius 2 is 1.31 bits per heavy atom. The van der Waals surface area contributed by atoms with Crippen molar-refractivity contribution >= 4 is 23.6 Å². The number of aromatic nitrogens is 1. The molecule has 8 heteroatoms. The molecule has 4 aromatic carbocycles. The topological polar surface area (TPSA) is 75.1 Å². The normalized spacial score (nSPS) is 13.8. The molecule has 0 saturated carbocycles. The van der Waals surface area contributed by atoms with E-state index in [4.69, 9.17) is 4.74 Å². The van der Waals surface area contributed by atoms with Gasteiger partial charge in [-0.05, 0) is 84.5 Å². The molecule has 5 aromatic rings. The summed E-state index contributed by atoms with van der Waals surface area (Å²) >= 11 is 0. The first-order chi connectivity index (χ1) is 23.3. The number of carbonyl (C=O) groups excluding carboxylic acids is 3. The van der Waals surface area contributed by atoms with Crippen LogP contribution >= 0.6 is 0 Å². The number of benzene rings is 4. The van der Waals surface area contributed by atoms with Crippen molar-refractivity contribution in [1.82, 2.24) is 14.4 Å². The van der Waals surface area contributed by atoms with E-state index in [1.807, 2.05) is 96.2 Å². The fourth-order valence-electron chi connectivity index (χ4n) is 6.77.